The van der Waals surface area contributed by atoms with Crippen molar-refractivity contribution in [1.29, 1.82) is 0 Å². The molecular formula is C19H31ClIN5O. The quantitative estimate of drug-likeness (QED) is 0.278. The number of hydrogen-bond donors (Lipinski definition) is 2. The summed E-state index contributed by atoms with van der Waals surface area (Å²) in [6, 6.07) is 3.79. The topological polar surface area (TPSA) is 61.8 Å². The Morgan fingerprint density at radius 1 is 1.22 bits per heavy atom. The maximum Gasteiger partial charge on any atom is 0.191 e. The Hall–Kier alpha value is -0.640. The molecule has 0 spiro atoms. The predicted molar refractivity (Wildman–Crippen MR) is 121 cm³/mol. The molecular weight excluding hydrogens is 477 g/mol. The number of aromatic nitrogens is 1. The maximum atomic E-state index is 5.85. The van der Waals surface area contributed by atoms with E-state index in [1.54, 1.807) is 6.20 Å². The lowest BCUT2D eigenvalue weighted by molar-refractivity contribution is -0.0352. The summed E-state index contributed by atoms with van der Waals surface area (Å²) in [6.45, 7) is 5.35. The zero-order valence-corrected chi connectivity index (χ0v) is 19.1. The van der Waals surface area contributed by atoms with E-state index in [1.165, 1.54) is 32.1 Å². The van der Waals surface area contributed by atoms with E-state index in [9.17, 15) is 0 Å². The molecule has 1 aliphatic heterocycles. The molecule has 2 fully saturated rings. The molecule has 1 aliphatic carbocycles. The molecule has 0 amide bonds. The van der Waals surface area contributed by atoms with E-state index in [4.69, 9.17) is 16.3 Å². The molecule has 1 saturated carbocycles. The number of ether oxygens (including phenoxy) is 1. The molecule has 0 aromatic carbocycles. The molecule has 8 heteroatoms. The standard InChI is InChI=1S/C19H30ClN5O.HI/c1-21-18(23-14-16-5-6-17(20)22-13-16)24-15-19(7-3-2-4-8-19)25-9-11-26-12-10-25;/h5-6,13H,2-4,7-12,14-15H2,1H3,(H2,21,23,24);1H. The lowest BCUT2D eigenvalue weighted by atomic mass is 9.80. The second-order valence-corrected chi connectivity index (χ2v) is 7.54. The minimum absolute atomic E-state index is 0. The SMILES string of the molecule is CN=C(NCc1ccc(Cl)nc1)NCC1(N2CCOCC2)CCCCC1.I. The van der Waals surface area contributed by atoms with Gasteiger partial charge in [0, 0.05) is 45.0 Å². The summed E-state index contributed by atoms with van der Waals surface area (Å²) in [6.07, 6.45) is 8.25. The van der Waals surface area contributed by atoms with Gasteiger partial charge in [0.15, 0.2) is 5.96 Å². The highest BCUT2D eigenvalue weighted by Gasteiger charge is 2.38. The summed E-state index contributed by atoms with van der Waals surface area (Å²) < 4.78 is 5.56. The fraction of sp³-hybridized carbons (Fsp3) is 0.684. The summed E-state index contributed by atoms with van der Waals surface area (Å²) in [7, 11) is 1.82. The molecule has 0 radical (unpaired) electrons. The van der Waals surface area contributed by atoms with Gasteiger partial charge in [-0.2, -0.15) is 0 Å². The summed E-state index contributed by atoms with van der Waals surface area (Å²) in [5.74, 6) is 0.832. The number of morpholine rings is 1. The minimum Gasteiger partial charge on any atom is -0.379 e. The first kappa shape index (κ1) is 22.6. The second-order valence-electron chi connectivity index (χ2n) is 7.15. The van der Waals surface area contributed by atoms with Crippen LogP contribution < -0.4 is 10.6 Å². The number of nitrogens with one attached hydrogen (secondary N) is 2. The predicted octanol–water partition coefficient (Wildman–Crippen LogP) is 3.05. The summed E-state index contributed by atoms with van der Waals surface area (Å²) in [4.78, 5) is 11.1. The molecule has 2 aliphatic rings. The average molecular weight is 508 g/mol. The van der Waals surface area contributed by atoms with Crippen LogP contribution in [0.2, 0.25) is 5.15 Å². The molecule has 6 nitrogen and oxygen atoms in total. The molecule has 2 heterocycles. The first-order chi connectivity index (χ1) is 12.7. The van der Waals surface area contributed by atoms with E-state index in [0.29, 0.717) is 11.7 Å². The molecule has 1 aromatic rings. The van der Waals surface area contributed by atoms with Gasteiger partial charge in [0.1, 0.15) is 5.15 Å². The van der Waals surface area contributed by atoms with Gasteiger partial charge in [-0.25, -0.2) is 4.98 Å². The highest BCUT2D eigenvalue weighted by atomic mass is 127. The third-order valence-electron chi connectivity index (χ3n) is 5.52. The Labute approximate surface area is 184 Å². The summed E-state index contributed by atoms with van der Waals surface area (Å²) >= 11 is 5.85. The van der Waals surface area contributed by atoms with Gasteiger partial charge in [0.25, 0.3) is 0 Å². The fourth-order valence-electron chi connectivity index (χ4n) is 4.02. The van der Waals surface area contributed by atoms with Gasteiger partial charge in [-0.3, -0.25) is 9.89 Å². The first-order valence-electron chi connectivity index (χ1n) is 9.60. The Bertz CT molecular complexity index is 586. The van der Waals surface area contributed by atoms with E-state index in [0.717, 1.165) is 44.4 Å². The van der Waals surface area contributed by atoms with E-state index in [-0.39, 0.29) is 29.5 Å². The number of nitrogens with zero attached hydrogens (tertiary/aromatic N) is 3. The molecule has 0 atom stereocenters. The van der Waals surface area contributed by atoms with Crippen LogP contribution >= 0.6 is 35.6 Å². The van der Waals surface area contributed by atoms with Crippen LogP contribution in [0.25, 0.3) is 0 Å². The van der Waals surface area contributed by atoms with Crippen LogP contribution in [0, 0.1) is 0 Å². The normalized spacial score (nSPS) is 20.6. The van der Waals surface area contributed by atoms with E-state index < -0.39 is 0 Å². The molecule has 152 valence electrons. The summed E-state index contributed by atoms with van der Waals surface area (Å²) in [5, 5.41) is 7.46. The van der Waals surface area contributed by atoms with Crippen LogP contribution in [0.3, 0.4) is 0 Å². The maximum absolute atomic E-state index is 5.85. The van der Waals surface area contributed by atoms with Crippen molar-refractivity contribution >= 4 is 41.5 Å². The zero-order chi connectivity index (χ0) is 18.2. The smallest absolute Gasteiger partial charge is 0.191 e. The second kappa shape index (κ2) is 11.4. The Morgan fingerprint density at radius 3 is 2.59 bits per heavy atom. The van der Waals surface area contributed by atoms with E-state index >= 15 is 0 Å². The molecule has 27 heavy (non-hydrogen) atoms. The fourth-order valence-corrected chi connectivity index (χ4v) is 4.13. The molecule has 0 unspecified atom stereocenters. The number of guanidine groups is 1. The van der Waals surface area contributed by atoms with Crippen LogP contribution in [0.4, 0.5) is 0 Å². The van der Waals surface area contributed by atoms with Crippen molar-refractivity contribution in [2.24, 2.45) is 4.99 Å². The van der Waals surface area contributed by atoms with Gasteiger partial charge in [-0.05, 0) is 24.5 Å². The monoisotopic (exact) mass is 507 g/mol. The third-order valence-corrected chi connectivity index (χ3v) is 5.75. The third kappa shape index (κ3) is 6.44. The molecule has 1 saturated heterocycles. The van der Waals surface area contributed by atoms with Gasteiger partial charge in [0.05, 0.1) is 13.2 Å². The van der Waals surface area contributed by atoms with Gasteiger partial charge >= 0.3 is 0 Å². The van der Waals surface area contributed by atoms with E-state index in [1.807, 2.05) is 19.2 Å². The Balaban J connectivity index is 0.00000261. The average Bonchev–Trinajstić information content (AvgIpc) is 2.71. The van der Waals surface area contributed by atoms with Crippen LogP contribution in [0.5, 0.6) is 0 Å². The zero-order valence-electron chi connectivity index (χ0n) is 16.0. The van der Waals surface area contributed by atoms with Crippen molar-refractivity contribution in [3.63, 3.8) is 0 Å². The van der Waals surface area contributed by atoms with Crippen LogP contribution in [-0.4, -0.2) is 61.3 Å². The van der Waals surface area contributed by atoms with Crippen LogP contribution in [0.1, 0.15) is 37.7 Å². The summed E-state index contributed by atoms with van der Waals surface area (Å²) in [5.41, 5.74) is 1.31. The minimum atomic E-state index is 0. The van der Waals surface area contributed by atoms with Crippen molar-refractivity contribution in [1.82, 2.24) is 20.5 Å². The van der Waals surface area contributed by atoms with Crippen LogP contribution in [-0.2, 0) is 11.3 Å². The lowest BCUT2D eigenvalue weighted by Crippen LogP contribution is -2.60. The number of pyridine rings is 1. The highest BCUT2D eigenvalue weighted by molar-refractivity contribution is 14.0. The van der Waals surface area contributed by atoms with Gasteiger partial charge in [-0.1, -0.05) is 36.9 Å². The highest BCUT2D eigenvalue weighted by Crippen LogP contribution is 2.33. The number of rotatable bonds is 5. The number of aliphatic imine (C=N–C) groups is 1. The Kier molecular flexibility index (Phi) is 9.55. The van der Waals surface area contributed by atoms with Gasteiger partial charge in [0.2, 0.25) is 0 Å². The van der Waals surface area contributed by atoms with Gasteiger partial charge < -0.3 is 15.4 Å². The van der Waals surface area contributed by atoms with Crippen molar-refractivity contribution < 1.29 is 4.74 Å². The molecule has 2 N–H and O–H groups in total. The first-order valence-corrected chi connectivity index (χ1v) is 9.97. The Morgan fingerprint density at radius 2 is 1.96 bits per heavy atom. The molecule has 0 bridgehead atoms. The van der Waals surface area contributed by atoms with Crippen molar-refractivity contribution in [2.75, 3.05) is 39.9 Å². The van der Waals surface area contributed by atoms with Crippen molar-refractivity contribution in [3.05, 3.63) is 29.0 Å². The van der Waals surface area contributed by atoms with Crippen molar-refractivity contribution in [3.8, 4) is 0 Å². The molecule has 1 aromatic heterocycles. The molecule has 3 rings (SSSR count). The van der Waals surface area contributed by atoms with Gasteiger partial charge in [-0.15, -0.1) is 24.0 Å². The number of halogens is 2. The largest absolute Gasteiger partial charge is 0.379 e. The van der Waals surface area contributed by atoms with E-state index in [2.05, 4.69) is 25.5 Å². The lowest BCUT2D eigenvalue weighted by Gasteiger charge is -2.48. The van der Waals surface area contributed by atoms with Crippen LogP contribution in [0.15, 0.2) is 23.3 Å². The number of hydrogen-bond acceptors (Lipinski definition) is 4. The van der Waals surface area contributed by atoms with Crippen molar-refractivity contribution in [2.45, 2.75) is 44.2 Å².